The summed E-state index contributed by atoms with van der Waals surface area (Å²) < 4.78 is 0. The van der Waals surface area contributed by atoms with E-state index >= 15 is 0 Å². The highest BCUT2D eigenvalue weighted by Gasteiger charge is 2.32. The summed E-state index contributed by atoms with van der Waals surface area (Å²) in [6.45, 7) is 0. The summed E-state index contributed by atoms with van der Waals surface area (Å²) in [4.78, 5) is 28.1. The van der Waals surface area contributed by atoms with Crippen LogP contribution in [0.15, 0.2) is 54.6 Å². The van der Waals surface area contributed by atoms with Crippen LogP contribution in [-0.2, 0) is 20.8 Å². The Morgan fingerprint density at radius 2 is 1.68 bits per heavy atom. The van der Waals surface area contributed by atoms with Crippen molar-refractivity contribution in [3.8, 4) is 0 Å². The number of hydroxylamine groups is 2. The predicted molar refractivity (Wildman–Crippen MR) is 94.4 cm³/mol. The SMILES string of the molecule is O=C(CCCCCc1ccccccccc1)ON1C(=O)CCC1O. The fourth-order valence-corrected chi connectivity index (χ4v) is 2.59. The molecule has 0 aliphatic carbocycles. The zero-order valence-corrected chi connectivity index (χ0v) is 14.3. The minimum atomic E-state index is -1.00. The van der Waals surface area contributed by atoms with E-state index in [1.54, 1.807) is 0 Å². The summed E-state index contributed by atoms with van der Waals surface area (Å²) in [7, 11) is 0. The molecule has 1 fully saturated rings. The molecule has 1 aromatic carbocycles. The van der Waals surface area contributed by atoms with Gasteiger partial charge in [0.15, 0.2) is 6.23 Å². The molecule has 25 heavy (non-hydrogen) atoms. The summed E-state index contributed by atoms with van der Waals surface area (Å²) in [6, 6.07) is 18.2. The van der Waals surface area contributed by atoms with Crippen molar-refractivity contribution in [2.45, 2.75) is 51.2 Å². The Balaban J connectivity index is 1.68. The first kappa shape index (κ1) is 18.9. The molecule has 0 saturated carbocycles. The first-order valence-corrected chi connectivity index (χ1v) is 8.75. The number of aliphatic hydroxyl groups excluding tert-OH is 1. The summed E-state index contributed by atoms with van der Waals surface area (Å²) >= 11 is 0. The maximum absolute atomic E-state index is 11.7. The second kappa shape index (κ2) is 10.5. The molecule has 0 aromatic heterocycles. The van der Waals surface area contributed by atoms with Crippen LogP contribution in [0.1, 0.15) is 44.1 Å². The first-order valence-electron chi connectivity index (χ1n) is 8.75. The number of hydrogen-bond donors (Lipinski definition) is 1. The summed E-state index contributed by atoms with van der Waals surface area (Å²) in [5.74, 6) is -0.806. The Morgan fingerprint density at radius 3 is 2.28 bits per heavy atom. The van der Waals surface area contributed by atoms with E-state index in [0.29, 0.717) is 12.8 Å². The molecule has 1 aliphatic rings. The van der Waals surface area contributed by atoms with Crippen LogP contribution in [0.25, 0.3) is 0 Å². The standard InChI is InChI=1S/C20H25NO4/c22-18-15-16-19(23)21(18)25-20(24)14-10-6-9-13-17-11-7-4-2-1-3-5-8-12-17/h1-5,7-8,11-12,18,22H,6,9-10,13-16H2. The van der Waals surface area contributed by atoms with Crippen LogP contribution in [-0.4, -0.2) is 28.3 Å². The second-order valence-corrected chi connectivity index (χ2v) is 6.02. The average molecular weight is 343 g/mol. The number of unbranched alkanes of at least 4 members (excludes halogenated alkanes) is 2. The summed E-state index contributed by atoms with van der Waals surface area (Å²) in [5.41, 5.74) is 1.24. The molecule has 1 saturated heterocycles. The molecular formula is C20H25NO4. The molecule has 1 aromatic rings. The van der Waals surface area contributed by atoms with Crippen LogP contribution in [0.2, 0.25) is 0 Å². The van der Waals surface area contributed by atoms with Crippen molar-refractivity contribution in [2.75, 3.05) is 0 Å². The highest BCUT2D eigenvalue weighted by molar-refractivity contribution is 5.79. The van der Waals surface area contributed by atoms with Crippen molar-refractivity contribution in [1.82, 2.24) is 5.06 Å². The van der Waals surface area contributed by atoms with Gasteiger partial charge in [0, 0.05) is 19.3 Å². The largest absolute Gasteiger partial charge is 0.370 e. The van der Waals surface area contributed by atoms with Crippen molar-refractivity contribution in [1.29, 1.82) is 0 Å². The lowest BCUT2D eigenvalue weighted by Crippen LogP contribution is -2.35. The van der Waals surface area contributed by atoms with Gasteiger partial charge in [0.2, 0.25) is 0 Å². The van der Waals surface area contributed by atoms with E-state index in [9.17, 15) is 14.7 Å². The molecule has 1 unspecified atom stereocenters. The molecule has 1 N–H and O–H groups in total. The number of amides is 1. The lowest BCUT2D eigenvalue weighted by atomic mass is 10.1. The van der Waals surface area contributed by atoms with E-state index in [1.807, 2.05) is 42.5 Å². The van der Waals surface area contributed by atoms with Gasteiger partial charge >= 0.3 is 5.97 Å². The highest BCUT2D eigenvalue weighted by Crippen LogP contribution is 2.17. The van der Waals surface area contributed by atoms with Crippen LogP contribution < -0.4 is 0 Å². The predicted octanol–water partition coefficient (Wildman–Crippen LogP) is 3.31. The van der Waals surface area contributed by atoms with E-state index < -0.39 is 12.2 Å². The maximum Gasteiger partial charge on any atom is 0.332 e. The first-order chi connectivity index (χ1) is 12.2. The van der Waals surface area contributed by atoms with E-state index in [-0.39, 0.29) is 18.7 Å². The van der Waals surface area contributed by atoms with Crippen LogP contribution in [0.5, 0.6) is 0 Å². The molecule has 0 radical (unpaired) electrons. The van der Waals surface area contributed by atoms with E-state index in [1.165, 1.54) is 5.56 Å². The quantitative estimate of drug-likeness (QED) is 0.771. The van der Waals surface area contributed by atoms with Crippen LogP contribution >= 0.6 is 0 Å². The van der Waals surface area contributed by atoms with Crippen molar-refractivity contribution < 1.29 is 19.5 Å². The zero-order valence-electron chi connectivity index (χ0n) is 14.3. The number of aliphatic hydroxyl groups is 1. The fourth-order valence-electron chi connectivity index (χ4n) is 2.59. The van der Waals surface area contributed by atoms with Gasteiger partial charge in [-0.1, -0.05) is 61.0 Å². The molecule has 134 valence electrons. The minimum Gasteiger partial charge on any atom is -0.370 e. The zero-order chi connectivity index (χ0) is 17.9. The van der Waals surface area contributed by atoms with Gasteiger partial charge in [-0.2, -0.15) is 0 Å². The lowest BCUT2D eigenvalue weighted by molar-refractivity contribution is -0.220. The third-order valence-corrected chi connectivity index (χ3v) is 3.97. The third-order valence-electron chi connectivity index (χ3n) is 3.97. The number of carbonyl (C=O) groups is 2. The Hall–Kier alpha value is -2.40. The van der Waals surface area contributed by atoms with Crippen molar-refractivity contribution in [3.05, 3.63) is 60.2 Å². The number of hydrogen-bond acceptors (Lipinski definition) is 4. The fraction of sp³-hybridized carbons (Fsp3) is 0.400. The number of carbonyl (C=O) groups excluding carboxylic acids is 2. The van der Waals surface area contributed by atoms with Gasteiger partial charge in [0.25, 0.3) is 5.91 Å². The minimum absolute atomic E-state index is 0.219. The van der Waals surface area contributed by atoms with Crippen LogP contribution in [0.3, 0.4) is 0 Å². The van der Waals surface area contributed by atoms with E-state index in [4.69, 9.17) is 4.84 Å². The molecule has 1 amide bonds. The Bertz CT molecular complexity index is 606. The summed E-state index contributed by atoms with van der Waals surface area (Å²) in [6.07, 6.45) is 3.30. The lowest BCUT2D eigenvalue weighted by Gasteiger charge is -2.18. The van der Waals surface area contributed by atoms with Gasteiger partial charge in [-0.05, 0) is 24.8 Å². The van der Waals surface area contributed by atoms with Crippen molar-refractivity contribution >= 4 is 11.9 Å². The molecule has 1 atom stereocenters. The summed E-state index contributed by atoms with van der Waals surface area (Å²) in [5, 5.41) is 10.3. The molecule has 1 aliphatic heterocycles. The average Bonchev–Trinajstić information content (AvgIpc) is 2.92. The van der Waals surface area contributed by atoms with Crippen LogP contribution in [0, 0.1) is 0 Å². The molecule has 5 heteroatoms. The molecule has 1 heterocycles. The second-order valence-electron chi connectivity index (χ2n) is 6.02. The van der Waals surface area contributed by atoms with Gasteiger partial charge in [-0.15, -0.1) is 5.06 Å². The van der Waals surface area contributed by atoms with Crippen LogP contribution in [0.4, 0.5) is 0 Å². The Kier molecular flexibility index (Phi) is 7.92. The Morgan fingerprint density at radius 1 is 1.04 bits per heavy atom. The normalized spacial score (nSPS) is 16.4. The molecule has 0 bridgehead atoms. The maximum atomic E-state index is 11.7. The number of aryl methyl sites for hydroxylation is 1. The van der Waals surface area contributed by atoms with Crippen molar-refractivity contribution in [2.24, 2.45) is 0 Å². The van der Waals surface area contributed by atoms with Gasteiger partial charge < -0.3 is 9.94 Å². The van der Waals surface area contributed by atoms with E-state index in [0.717, 1.165) is 24.3 Å². The van der Waals surface area contributed by atoms with Crippen molar-refractivity contribution in [3.63, 3.8) is 0 Å². The van der Waals surface area contributed by atoms with Gasteiger partial charge in [0.05, 0.1) is 0 Å². The molecular weight excluding hydrogens is 318 g/mol. The number of nitrogens with zero attached hydrogens (tertiary/aromatic N) is 1. The highest BCUT2D eigenvalue weighted by atomic mass is 16.7. The molecule has 5 nitrogen and oxygen atoms in total. The van der Waals surface area contributed by atoms with Gasteiger partial charge in [-0.25, -0.2) is 4.79 Å². The molecule has 0 spiro atoms. The van der Waals surface area contributed by atoms with Gasteiger partial charge in [0.1, 0.15) is 0 Å². The smallest absolute Gasteiger partial charge is 0.332 e. The van der Waals surface area contributed by atoms with E-state index in [2.05, 4.69) is 12.1 Å². The topological polar surface area (TPSA) is 66.8 Å². The molecule has 2 rings (SSSR count). The Labute approximate surface area is 148 Å². The van der Waals surface area contributed by atoms with Gasteiger partial charge in [-0.3, -0.25) is 4.79 Å². The number of rotatable bonds is 7. The monoisotopic (exact) mass is 343 g/mol. The third kappa shape index (κ3) is 6.93.